The Morgan fingerprint density at radius 2 is 1.77 bits per heavy atom. The molecule has 1 fully saturated rings. The SMILES string of the molecule is Cc1nn(-c2ccccc2)c(C)c1C(=O)N1CCN(c2ncnc3sccc23)CC1. The number of hydrogen-bond acceptors (Lipinski definition) is 6. The first-order chi connectivity index (χ1) is 14.6. The number of carbonyl (C=O) groups excluding carboxylic acids is 1. The van der Waals surface area contributed by atoms with Crippen LogP contribution in [0.25, 0.3) is 15.9 Å². The molecule has 4 aromatic rings. The van der Waals surface area contributed by atoms with Gasteiger partial charge in [0.25, 0.3) is 5.91 Å². The lowest BCUT2D eigenvalue weighted by atomic mass is 10.1. The van der Waals surface area contributed by atoms with Crippen LogP contribution < -0.4 is 4.90 Å². The number of para-hydroxylation sites is 1. The van der Waals surface area contributed by atoms with Crippen molar-refractivity contribution < 1.29 is 4.79 Å². The molecule has 0 aliphatic carbocycles. The van der Waals surface area contributed by atoms with Crippen LogP contribution in [0.4, 0.5) is 5.82 Å². The molecular formula is C22H22N6OS. The van der Waals surface area contributed by atoms with Crippen LogP contribution in [-0.2, 0) is 0 Å². The van der Waals surface area contributed by atoms with Crippen molar-refractivity contribution in [2.45, 2.75) is 13.8 Å². The zero-order valence-corrected chi connectivity index (χ0v) is 17.8. The number of hydrogen-bond donors (Lipinski definition) is 0. The minimum absolute atomic E-state index is 0.0511. The summed E-state index contributed by atoms with van der Waals surface area (Å²) in [7, 11) is 0. The van der Waals surface area contributed by atoms with Crippen molar-refractivity contribution in [3.8, 4) is 5.69 Å². The Kier molecular flexibility index (Phi) is 4.71. The number of amides is 1. The molecule has 1 aromatic carbocycles. The predicted octanol–water partition coefficient (Wildman–Crippen LogP) is 3.46. The Balaban J connectivity index is 1.35. The molecule has 1 amide bonds. The van der Waals surface area contributed by atoms with Gasteiger partial charge in [-0.05, 0) is 37.4 Å². The molecule has 0 atom stereocenters. The van der Waals surface area contributed by atoms with Crippen LogP contribution in [-0.4, -0.2) is 56.7 Å². The van der Waals surface area contributed by atoms with Gasteiger partial charge in [-0.1, -0.05) is 18.2 Å². The molecule has 5 rings (SSSR count). The van der Waals surface area contributed by atoms with E-state index in [-0.39, 0.29) is 5.91 Å². The lowest BCUT2D eigenvalue weighted by molar-refractivity contribution is 0.0745. The molecule has 0 spiro atoms. The summed E-state index contributed by atoms with van der Waals surface area (Å²) >= 11 is 1.62. The summed E-state index contributed by atoms with van der Waals surface area (Å²) in [5.74, 6) is 1.01. The van der Waals surface area contributed by atoms with Crippen molar-refractivity contribution in [1.82, 2.24) is 24.6 Å². The fraction of sp³-hybridized carbons (Fsp3) is 0.273. The van der Waals surface area contributed by atoms with Crippen LogP contribution in [0.15, 0.2) is 48.1 Å². The molecule has 8 heteroatoms. The molecule has 0 unspecified atom stereocenters. The fourth-order valence-corrected chi connectivity index (χ4v) is 4.81. The van der Waals surface area contributed by atoms with Gasteiger partial charge in [0.05, 0.1) is 28.0 Å². The third kappa shape index (κ3) is 3.13. The number of carbonyl (C=O) groups is 1. The number of nitrogens with zero attached hydrogens (tertiary/aromatic N) is 6. The molecule has 7 nitrogen and oxygen atoms in total. The van der Waals surface area contributed by atoms with Crippen molar-refractivity contribution in [2.75, 3.05) is 31.1 Å². The monoisotopic (exact) mass is 418 g/mol. The molecule has 4 heterocycles. The third-order valence-corrected chi connectivity index (χ3v) is 6.43. The molecule has 3 aromatic heterocycles. The van der Waals surface area contributed by atoms with Crippen molar-refractivity contribution in [1.29, 1.82) is 0 Å². The van der Waals surface area contributed by atoms with Gasteiger partial charge in [0.2, 0.25) is 0 Å². The van der Waals surface area contributed by atoms with Gasteiger partial charge in [0, 0.05) is 26.2 Å². The summed E-state index contributed by atoms with van der Waals surface area (Å²) in [6, 6.07) is 12.0. The molecular weight excluding hydrogens is 396 g/mol. The summed E-state index contributed by atoms with van der Waals surface area (Å²) in [6.45, 7) is 6.68. The third-order valence-electron chi connectivity index (χ3n) is 5.61. The predicted molar refractivity (Wildman–Crippen MR) is 119 cm³/mol. The largest absolute Gasteiger partial charge is 0.352 e. The second kappa shape index (κ2) is 7.53. The zero-order chi connectivity index (χ0) is 20.7. The van der Waals surface area contributed by atoms with E-state index in [4.69, 9.17) is 0 Å². The van der Waals surface area contributed by atoms with Crippen molar-refractivity contribution in [3.05, 3.63) is 65.1 Å². The minimum Gasteiger partial charge on any atom is -0.352 e. The quantitative estimate of drug-likeness (QED) is 0.510. The summed E-state index contributed by atoms with van der Waals surface area (Å²) in [5, 5.41) is 7.75. The van der Waals surface area contributed by atoms with Crippen molar-refractivity contribution in [3.63, 3.8) is 0 Å². The maximum absolute atomic E-state index is 13.3. The van der Waals surface area contributed by atoms with Crippen molar-refractivity contribution >= 4 is 33.3 Å². The van der Waals surface area contributed by atoms with E-state index >= 15 is 0 Å². The maximum atomic E-state index is 13.3. The highest BCUT2D eigenvalue weighted by molar-refractivity contribution is 7.16. The normalized spacial score (nSPS) is 14.5. The lowest BCUT2D eigenvalue weighted by Crippen LogP contribution is -2.49. The summed E-state index contributed by atoms with van der Waals surface area (Å²) in [6.07, 6.45) is 1.62. The first-order valence-electron chi connectivity index (χ1n) is 9.97. The number of rotatable bonds is 3. The van der Waals surface area contributed by atoms with Crippen LogP contribution >= 0.6 is 11.3 Å². The molecule has 1 aliphatic rings. The van der Waals surface area contributed by atoms with Crippen LogP contribution in [0.3, 0.4) is 0 Å². The standard InChI is InChI=1S/C22H22N6OS/c1-15-19(16(2)28(25-15)17-6-4-3-5-7-17)22(29)27-11-9-26(10-12-27)20-18-8-13-30-21(18)24-14-23-20/h3-8,13-14H,9-12H2,1-2H3. The van der Waals surface area contributed by atoms with Crippen LogP contribution in [0.2, 0.25) is 0 Å². The number of anilines is 1. The molecule has 0 N–H and O–H groups in total. The average molecular weight is 419 g/mol. The van der Waals surface area contributed by atoms with Gasteiger partial charge in [-0.15, -0.1) is 11.3 Å². The summed E-state index contributed by atoms with van der Waals surface area (Å²) in [5.41, 5.74) is 3.31. The van der Waals surface area contributed by atoms with Gasteiger partial charge in [-0.3, -0.25) is 4.79 Å². The number of benzene rings is 1. The number of aromatic nitrogens is 4. The van der Waals surface area contributed by atoms with Gasteiger partial charge >= 0.3 is 0 Å². The molecule has 1 saturated heterocycles. The van der Waals surface area contributed by atoms with Gasteiger partial charge in [-0.25, -0.2) is 14.6 Å². The molecule has 152 valence electrons. The highest BCUT2D eigenvalue weighted by Crippen LogP contribution is 2.28. The first-order valence-corrected chi connectivity index (χ1v) is 10.9. The molecule has 1 aliphatic heterocycles. The van der Waals surface area contributed by atoms with Crippen LogP contribution in [0.1, 0.15) is 21.7 Å². The molecule has 0 bridgehead atoms. The Hall–Kier alpha value is -3.26. The first kappa shape index (κ1) is 18.7. The smallest absolute Gasteiger partial charge is 0.257 e. The molecule has 0 radical (unpaired) electrons. The summed E-state index contributed by atoms with van der Waals surface area (Å²) in [4.78, 5) is 27.3. The fourth-order valence-electron chi connectivity index (χ4n) is 4.08. The minimum atomic E-state index is 0.0511. The van der Waals surface area contributed by atoms with E-state index in [1.807, 2.05) is 59.1 Å². The van der Waals surface area contributed by atoms with Crippen LogP contribution in [0.5, 0.6) is 0 Å². The Labute approximate surface area is 178 Å². The highest BCUT2D eigenvalue weighted by atomic mass is 32.1. The average Bonchev–Trinajstić information content (AvgIpc) is 3.38. The van der Waals surface area contributed by atoms with E-state index in [1.54, 1.807) is 17.7 Å². The lowest BCUT2D eigenvalue weighted by Gasteiger charge is -2.35. The zero-order valence-electron chi connectivity index (χ0n) is 16.9. The van der Waals surface area contributed by atoms with E-state index in [2.05, 4.69) is 26.0 Å². The van der Waals surface area contributed by atoms with E-state index in [0.717, 1.165) is 46.2 Å². The van der Waals surface area contributed by atoms with Crippen LogP contribution in [0, 0.1) is 13.8 Å². The Morgan fingerprint density at radius 3 is 2.53 bits per heavy atom. The van der Waals surface area contributed by atoms with E-state index in [1.165, 1.54) is 0 Å². The highest BCUT2D eigenvalue weighted by Gasteiger charge is 2.28. The Morgan fingerprint density at radius 1 is 1.00 bits per heavy atom. The van der Waals surface area contributed by atoms with E-state index in [0.29, 0.717) is 18.7 Å². The Bertz CT molecular complexity index is 1210. The number of piperazine rings is 1. The second-order valence-corrected chi connectivity index (χ2v) is 8.30. The van der Waals surface area contributed by atoms with Gasteiger partial charge in [0.1, 0.15) is 17.0 Å². The number of thiophene rings is 1. The van der Waals surface area contributed by atoms with Gasteiger partial charge in [0.15, 0.2) is 0 Å². The van der Waals surface area contributed by atoms with E-state index in [9.17, 15) is 4.79 Å². The number of aryl methyl sites for hydroxylation is 1. The molecule has 0 saturated carbocycles. The second-order valence-electron chi connectivity index (χ2n) is 7.41. The molecule has 30 heavy (non-hydrogen) atoms. The topological polar surface area (TPSA) is 67.2 Å². The van der Waals surface area contributed by atoms with E-state index < -0.39 is 0 Å². The van der Waals surface area contributed by atoms with Gasteiger partial charge < -0.3 is 9.80 Å². The van der Waals surface area contributed by atoms with Gasteiger partial charge in [-0.2, -0.15) is 5.10 Å². The maximum Gasteiger partial charge on any atom is 0.257 e. The number of fused-ring (bicyclic) bond motifs is 1. The van der Waals surface area contributed by atoms with Crippen molar-refractivity contribution in [2.24, 2.45) is 0 Å². The summed E-state index contributed by atoms with van der Waals surface area (Å²) < 4.78 is 1.85.